The van der Waals surface area contributed by atoms with Gasteiger partial charge in [-0.3, -0.25) is 18.7 Å². The van der Waals surface area contributed by atoms with Crippen molar-refractivity contribution in [3.63, 3.8) is 0 Å². The molecule has 1 aliphatic carbocycles. The highest BCUT2D eigenvalue weighted by Gasteiger charge is 2.25. The fraction of sp³-hybridized carbons (Fsp3) is 0.391. The van der Waals surface area contributed by atoms with Gasteiger partial charge in [0.1, 0.15) is 4.83 Å². The molecule has 0 saturated carbocycles. The number of carbonyl (C=O) groups is 1. The van der Waals surface area contributed by atoms with E-state index in [0.29, 0.717) is 10.9 Å². The molecule has 3 aromatic heterocycles. The molecule has 7 nitrogen and oxygen atoms in total. The van der Waals surface area contributed by atoms with Gasteiger partial charge in [-0.15, -0.1) is 11.3 Å². The van der Waals surface area contributed by atoms with Crippen molar-refractivity contribution in [1.29, 1.82) is 0 Å². The van der Waals surface area contributed by atoms with Gasteiger partial charge in [0.25, 0.3) is 5.56 Å². The van der Waals surface area contributed by atoms with E-state index >= 15 is 0 Å². The van der Waals surface area contributed by atoms with Crippen molar-refractivity contribution in [2.24, 2.45) is 0 Å². The average molecular weight is 473 g/mol. The van der Waals surface area contributed by atoms with Crippen molar-refractivity contribution < 1.29 is 18.3 Å². The maximum absolute atomic E-state index is 13.7. The van der Waals surface area contributed by atoms with E-state index in [2.05, 4.69) is 9.97 Å². The normalized spacial score (nSPS) is 14.7. The average Bonchev–Trinajstić information content (AvgIpc) is 3.37. The molecule has 5 rings (SSSR count). The monoisotopic (exact) mass is 472 g/mol. The first-order chi connectivity index (χ1) is 15.9. The van der Waals surface area contributed by atoms with E-state index in [-0.39, 0.29) is 29.9 Å². The van der Waals surface area contributed by atoms with Gasteiger partial charge in [0.05, 0.1) is 29.2 Å². The first kappa shape index (κ1) is 21.7. The van der Waals surface area contributed by atoms with Crippen LogP contribution < -0.4 is 5.56 Å². The van der Waals surface area contributed by atoms with Crippen LogP contribution in [0.1, 0.15) is 55.1 Å². The summed E-state index contributed by atoms with van der Waals surface area (Å²) in [6.45, 7) is -1.21. The van der Waals surface area contributed by atoms with E-state index in [4.69, 9.17) is 4.74 Å². The van der Waals surface area contributed by atoms with Crippen LogP contribution in [0.25, 0.3) is 21.3 Å². The van der Waals surface area contributed by atoms with Gasteiger partial charge in [0.2, 0.25) is 0 Å². The number of esters is 1. The molecular formula is C23H22F2N4O3S. The van der Waals surface area contributed by atoms with Crippen LogP contribution in [0.4, 0.5) is 8.78 Å². The number of alkyl halides is 2. The zero-order valence-electron chi connectivity index (χ0n) is 18.0. The highest BCUT2D eigenvalue weighted by molar-refractivity contribution is 7.18. The van der Waals surface area contributed by atoms with Gasteiger partial charge in [-0.25, -0.2) is 9.97 Å². The van der Waals surface area contributed by atoms with Crippen molar-refractivity contribution in [3.05, 3.63) is 57.2 Å². The molecule has 0 bridgehead atoms. The van der Waals surface area contributed by atoms with Crippen LogP contribution in [-0.2, 0) is 28.9 Å². The number of nitrogens with zero attached hydrogens (tertiary/aromatic N) is 4. The number of hydrogen-bond donors (Lipinski definition) is 0. The lowest BCUT2D eigenvalue weighted by Crippen LogP contribution is -2.23. The van der Waals surface area contributed by atoms with Crippen molar-refractivity contribution in [1.82, 2.24) is 19.1 Å². The van der Waals surface area contributed by atoms with E-state index in [0.717, 1.165) is 40.6 Å². The minimum atomic E-state index is -2.82. The van der Waals surface area contributed by atoms with Gasteiger partial charge < -0.3 is 4.74 Å². The Kier molecular flexibility index (Phi) is 5.69. The standard InChI is InChI=1S/C23H22F2N4O3S/c1-13(20-27-15-7-3-4-8-16(15)29(20)23(24)25)32-18(30)10-11-28-12-26-21-19(22(28)31)14-6-2-5-9-17(14)33-21/h3-4,7-8,12-13,23H,2,5-6,9-11H2,1H3. The van der Waals surface area contributed by atoms with Gasteiger partial charge in [-0.1, -0.05) is 12.1 Å². The lowest BCUT2D eigenvalue weighted by Gasteiger charge is -2.15. The van der Waals surface area contributed by atoms with Gasteiger partial charge in [0, 0.05) is 11.4 Å². The minimum Gasteiger partial charge on any atom is -0.454 e. The number of para-hydroxylation sites is 2. The Morgan fingerprint density at radius 1 is 1.24 bits per heavy atom. The molecular weight excluding hydrogens is 450 g/mol. The van der Waals surface area contributed by atoms with E-state index in [1.807, 2.05) is 0 Å². The highest BCUT2D eigenvalue weighted by Crippen LogP contribution is 2.33. The van der Waals surface area contributed by atoms with Crippen LogP contribution in [0.3, 0.4) is 0 Å². The zero-order valence-corrected chi connectivity index (χ0v) is 18.8. The van der Waals surface area contributed by atoms with E-state index in [1.165, 1.54) is 22.7 Å². The number of ether oxygens (including phenoxy) is 1. The van der Waals surface area contributed by atoms with Crippen molar-refractivity contribution >= 4 is 38.6 Å². The summed E-state index contributed by atoms with van der Waals surface area (Å²) in [5.74, 6) is -0.626. The molecule has 1 atom stereocenters. The zero-order chi connectivity index (χ0) is 23.1. The molecule has 0 fully saturated rings. The van der Waals surface area contributed by atoms with Crippen LogP contribution >= 0.6 is 11.3 Å². The largest absolute Gasteiger partial charge is 0.454 e. The minimum absolute atomic E-state index is 0.0234. The summed E-state index contributed by atoms with van der Waals surface area (Å²) in [5, 5.41) is 0.657. The predicted molar refractivity (Wildman–Crippen MR) is 121 cm³/mol. The molecule has 1 aromatic carbocycles. The summed E-state index contributed by atoms with van der Waals surface area (Å²) in [6.07, 6.45) is 4.43. The number of benzene rings is 1. The van der Waals surface area contributed by atoms with Crippen LogP contribution in [0.5, 0.6) is 0 Å². The van der Waals surface area contributed by atoms with Gasteiger partial charge in [0.15, 0.2) is 11.9 Å². The Hall–Kier alpha value is -3.14. The Balaban J connectivity index is 1.32. The summed E-state index contributed by atoms with van der Waals surface area (Å²) in [6, 6.07) is 6.53. The van der Waals surface area contributed by atoms with Crippen LogP contribution in [-0.4, -0.2) is 25.1 Å². The van der Waals surface area contributed by atoms with Crippen LogP contribution in [0.2, 0.25) is 0 Å². The fourth-order valence-corrected chi connectivity index (χ4v) is 5.64. The summed E-state index contributed by atoms with van der Waals surface area (Å²) < 4.78 is 34.9. The molecule has 172 valence electrons. The molecule has 1 aliphatic rings. The first-order valence-corrected chi connectivity index (χ1v) is 11.7. The summed E-state index contributed by atoms with van der Waals surface area (Å²) in [7, 11) is 0. The van der Waals surface area contributed by atoms with Crippen molar-refractivity contribution in [2.75, 3.05) is 0 Å². The fourth-order valence-electron chi connectivity index (χ4n) is 4.42. The number of fused-ring (bicyclic) bond motifs is 4. The number of imidazole rings is 1. The molecule has 0 amide bonds. The molecule has 0 spiro atoms. The Morgan fingerprint density at radius 3 is 2.85 bits per heavy atom. The number of rotatable bonds is 6. The van der Waals surface area contributed by atoms with Crippen LogP contribution in [0, 0.1) is 0 Å². The first-order valence-electron chi connectivity index (χ1n) is 10.9. The Morgan fingerprint density at radius 2 is 2.03 bits per heavy atom. The highest BCUT2D eigenvalue weighted by atomic mass is 32.1. The number of aryl methyl sites for hydroxylation is 3. The van der Waals surface area contributed by atoms with Crippen molar-refractivity contribution in [2.45, 2.75) is 58.2 Å². The second-order valence-electron chi connectivity index (χ2n) is 8.12. The molecule has 3 heterocycles. The quantitative estimate of drug-likeness (QED) is 0.378. The third-order valence-corrected chi connectivity index (χ3v) is 7.19. The van der Waals surface area contributed by atoms with Gasteiger partial charge in [-0.2, -0.15) is 8.78 Å². The number of halogens is 2. The molecule has 33 heavy (non-hydrogen) atoms. The van der Waals surface area contributed by atoms with Gasteiger partial charge >= 0.3 is 12.5 Å². The molecule has 0 saturated heterocycles. The maximum atomic E-state index is 13.7. The number of carbonyl (C=O) groups excluding carboxylic acids is 1. The van der Waals surface area contributed by atoms with Crippen LogP contribution in [0.15, 0.2) is 35.4 Å². The summed E-state index contributed by atoms with van der Waals surface area (Å²) >= 11 is 1.57. The topological polar surface area (TPSA) is 79.0 Å². The maximum Gasteiger partial charge on any atom is 0.320 e. The lowest BCUT2D eigenvalue weighted by molar-refractivity contribution is -0.149. The smallest absolute Gasteiger partial charge is 0.320 e. The second-order valence-corrected chi connectivity index (χ2v) is 9.21. The number of thiophene rings is 1. The molecule has 10 heteroatoms. The third-order valence-electron chi connectivity index (χ3n) is 5.99. The molecule has 1 unspecified atom stereocenters. The van der Waals surface area contributed by atoms with E-state index < -0.39 is 18.6 Å². The second kappa shape index (κ2) is 8.66. The summed E-state index contributed by atoms with van der Waals surface area (Å²) in [5.41, 5.74) is 1.62. The number of aromatic nitrogens is 4. The predicted octanol–water partition coefficient (Wildman–Crippen LogP) is 4.78. The Labute approximate surface area is 191 Å². The molecule has 4 aromatic rings. The number of hydrogen-bond acceptors (Lipinski definition) is 6. The summed E-state index contributed by atoms with van der Waals surface area (Å²) in [4.78, 5) is 36.1. The molecule has 0 radical (unpaired) electrons. The van der Waals surface area contributed by atoms with Gasteiger partial charge in [-0.05, 0) is 50.3 Å². The molecule has 0 aliphatic heterocycles. The lowest BCUT2D eigenvalue weighted by atomic mass is 9.97. The van der Waals surface area contributed by atoms with E-state index in [1.54, 1.807) is 35.6 Å². The SMILES string of the molecule is CC(OC(=O)CCn1cnc2sc3c(c2c1=O)CCCC3)c1nc2ccccc2n1C(F)F. The van der Waals surface area contributed by atoms with Crippen molar-refractivity contribution in [3.8, 4) is 0 Å². The third kappa shape index (κ3) is 3.92. The molecule has 0 N–H and O–H groups in total. The van der Waals surface area contributed by atoms with E-state index in [9.17, 15) is 18.4 Å². The Bertz CT molecular complexity index is 1410.